The van der Waals surface area contributed by atoms with E-state index in [2.05, 4.69) is 0 Å². The molecule has 0 heterocycles. The Morgan fingerprint density at radius 1 is 0.706 bits per heavy atom. The van der Waals surface area contributed by atoms with Crippen molar-refractivity contribution in [3.8, 4) is 0 Å². The highest BCUT2D eigenvalue weighted by molar-refractivity contribution is 6.41. The van der Waals surface area contributed by atoms with Crippen LogP contribution in [0.1, 0.15) is 5.56 Å². The van der Waals surface area contributed by atoms with Gasteiger partial charge in [-0.1, -0.05) is 77.3 Å². The molecule has 2 aromatic carbocycles. The minimum Gasteiger partial charge on any atom is -0.0929 e. The molecule has 0 saturated carbocycles. The zero-order chi connectivity index (χ0) is 12.5. The first-order valence-corrected chi connectivity index (χ1v) is 6.15. The monoisotopic (exact) mass is 284 g/mol. The van der Waals surface area contributed by atoms with E-state index in [4.69, 9.17) is 34.8 Å². The molecule has 2 rings (SSSR count). The van der Waals surface area contributed by atoms with Crippen LogP contribution in [0.15, 0.2) is 60.1 Å². The predicted molar refractivity (Wildman–Crippen MR) is 77.8 cm³/mol. The first-order chi connectivity index (χ1) is 8.24. The van der Waals surface area contributed by atoms with Crippen LogP contribution in [0, 0.1) is 0 Å². The second kappa shape index (κ2) is 8.19. The molecule has 0 radical (unpaired) electrons. The average molecular weight is 286 g/mol. The third-order valence-corrected chi connectivity index (χ3v) is 2.76. The summed E-state index contributed by atoms with van der Waals surface area (Å²) in [6.07, 6.45) is 1.85. The van der Waals surface area contributed by atoms with Crippen molar-refractivity contribution in [1.82, 2.24) is 0 Å². The lowest BCUT2D eigenvalue weighted by Crippen LogP contribution is -1.64. The fourth-order valence-electron chi connectivity index (χ4n) is 1.08. The molecule has 0 unspecified atom stereocenters. The summed E-state index contributed by atoms with van der Waals surface area (Å²) < 4.78 is 0. The standard InChI is InChI=1S/C8H7Cl.C6H4Cl2/c9-7-6-8-4-2-1-3-5-8;7-5-3-1-2-4-6(5)8/h1-7H;1-4H. The Kier molecular flexibility index (Phi) is 6.80. The maximum Gasteiger partial charge on any atom is 0.0592 e. The van der Waals surface area contributed by atoms with Crippen LogP contribution in [-0.2, 0) is 0 Å². The van der Waals surface area contributed by atoms with E-state index in [0.29, 0.717) is 10.0 Å². The molecule has 17 heavy (non-hydrogen) atoms. The highest BCUT2D eigenvalue weighted by atomic mass is 35.5. The maximum absolute atomic E-state index is 5.58. The molecule has 0 saturated heterocycles. The molecule has 2 aromatic rings. The minimum atomic E-state index is 0.606. The molecule has 0 nitrogen and oxygen atoms in total. The van der Waals surface area contributed by atoms with Gasteiger partial charge in [-0.3, -0.25) is 0 Å². The topological polar surface area (TPSA) is 0 Å². The van der Waals surface area contributed by atoms with Gasteiger partial charge in [-0.05, 0) is 23.8 Å². The van der Waals surface area contributed by atoms with Gasteiger partial charge in [0.2, 0.25) is 0 Å². The van der Waals surface area contributed by atoms with E-state index in [9.17, 15) is 0 Å². The van der Waals surface area contributed by atoms with Crippen molar-refractivity contribution >= 4 is 40.9 Å². The molecule has 0 spiro atoms. The summed E-state index contributed by atoms with van der Waals surface area (Å²) in [6, 6.07) is 17.1. The van der Waals surface area contributed by atoms with Crippen molar-refractivity contribution in [2.75, 3.05) is 0 Å². The van der Waals surface area contributed by atoms with Crippen molar-refractivity contribution < 1.29 is 0 Å². The van der Waals surface area contributed by atoms with E-state index in [1.807, 2.05) is 48.5 Å². The molecule has 0 aliphatic heterocycles. The highest BCUT2D eigenvalue weighted by Gasteiger charge is 1.89. The lowest BCUT2D eigenvalue weighted by atomic mass is 10.2. The lowest BCUT2D eigenvalue weighted by Gasteiger charge is -1.88. The Balaban J connectivity index is 0.000000171. The van der Waals surface area contributed by atoms with Gasteiger partial charge in [0.05, 0.1) is 10.0 Å². The molecule has 0 fully saturated rings. The lowest BCUT2D eigenvalue weighted by molar-refractivity contribution is 1.66. The van der Waals surface area contributed by atoms with Crippen LogP contribution in [0.2, 0.25) is 10.0 Å². The summed E-state index contributed by atoms with van der Waals surface area (Å²) in [5.74, 6) is 0. The molecule has 0 aromatic heterocycles. The fraction of sp³-hybridized carbons (Fsp3) is 0. The number of hydrogen-bond donors (Lipinski definition) is 0. The molecule has 0 aliphatic carbocycles. The molecular formula is C14H11Cl3. The third kappa shape index (κ3) is 5.78. The van der Waals surface area contributed by atoms with E-state index >= 15 is 0 Å². The summed E-state index contributed by atoms with van der Waals surface area (Å²) in [5.41, 5.74) is 2.64. The van der Waals surface area contributed by atoms with Gasteiger partial charge >= 0.3 is 0 Å². The highest BCUT2D eigenvalue weighted by Crippen LogP contribution is 2.19. The van der Waals surface area contributed by atoms with Crippen LogP contribution in [0.5, 0.6) is 0 Å². The Bertz CT molecular complexity index is 443. The summed E-state index contributed by atoms with van der Waals surface area (Å²) in [4.78, 5) is 0. The normalized spacial score (nSPS) is 9.82. The smallest absolute Gasteiger partial charge is 0.0592 e. The van der Waals surface area contributed by atoms with Crippen LogP contribution < -0.4 is 0 Å². The van der Waals surface area contributed by atoms with Crippen molar-refractivity contribution in [3.05, 3.63) is 75.7 Å². The number of rotatable bonds is 1. The van der Waals surface area contributed by atoms with Gasteiger partial charge in [0.15, 0.2) is 0 Å². The summed E-state index contributed by atoms with van der Waals surface area (Å²) in [6.45, 7) is 0. The second-order valence-electron chi connectivity index (χ2n) is 3.12. The van der Waals surface area contributed by atoms with Crippen molar-refractivity contribution in [2.24, 2.45) is 0 Å². The number of benzene rings is 2. The zero-order valence-electron chi connectivity index (χ0n) is 8.98. The van der Waals surface area contributed by atoms with E-state index in [1.165, 1.54) is 5.54 Å². The Morgan fingerprint density at radius 2 is 1.18 bits per heavy atom. The Morgan fingerprint density at radius 3 is 1.59 bits per heavy atom. The summed E-state index contributed by atoms with van der Waals surface area (Å²) >= 11 is 16.5. The van der Waals surface area contributed by atoms with E-state index in [1.54, 1.807) is 12.1 Å². The number of halogens is 3. The molecule has 0 bridgehead atoms. The second-order valence-corrected chi connectivity index (χ2v) is 4.18. The van der Waals surface area contributed by atoms with E-state index < -0.39 is 0 Å². The van der Waals surface area contributed by atoms with Gasteiger partial charge in [-0.25, -0.2) is 0 Å². The van der Waals surface area contributed by atoms with E-state index in [0.717, 1.165) is 5.56 Å². The fourth-order valence-corrected chi connectivity index (χ4v) is 1.49. The molecule has 0 amide bonds. The van der Waals surface area contributed by atoms with Crippen LogP contribution in [0.3, 0.4) is 0 Å². The van der Waals surface area contributed by atoms with Gasteiger partial charge in [-0.15, -0.1) is 0 Å². The SMILES string of the molecule is ClC=Cc1ccccc1.Clc1ccccc1Cl. The van der Waals surface area contributed by atoms with Crippen LogP contribution in [0.4, 0.5) is 0 Å². The predicted octanol–water partition coefficient (Wildman–Crippen LogP) is 5.89. The largest absolute Gasteiger partial charge is 0.0929 e. The minimum absolute atomic E-state index is 0.606. The van der Waals surface area contributed by atoms with Crippen LogP contribution in [-0.4, -0.2) is 0 Å². The third-order valence-electron chi connectivity index (χ3n) is 1.88. The first kappa shape index (κ1) is 14.1. The van der Waals surface area contributed by atoms with Crippen LogP contribution >= 0.6 is 34.8 Å². The summed E-state index contributed by atoms with van der Waals surface area (Å²) in [7, 11) is 0. The van der Waals surface area contributed by atoms with Gasteiger partial charge in [0.25, 0.3) is 0 Å². The molecular weight excluding hydrogens is 275 g/mol. The molecule has 0 N–H and O–H groups in total. The van der Waals surface area contributed by atoms with E-state index in [-0.39, 0.29) is 0 Å². The Labute approximate surface area is 116 Å². The number of hydrogen-bond acceptors (Lipinski definition) is 0. The molecule has 0 aliphatic rings. The van der Waals surface area contributed by atoms with Crippen molar-refractivity contribution in [2.45, 2.75) is 0 Å². The zero-order valence-corrected chi connectivity index (χ0v) is 11.3. The van der Waals surface area contributed by atoms with Gasteiger partial charge < -0.3 is 0 Å². The van der Waals surface area contributed by atoms with Crippen molar-refractivity contribution in [1.29, 1.82) is 0 Å². The van der Waals surface area contributed by atoms with Crippen LogP contribution in [0.25, 0.3) is 6.08 Å². The molecule has 3 heteroatoms. The molecule has 88 valence electrons. The molecule has 0 atom stereocenters. The van der Waals surface area contributed by atoms with Gasteiger partial charge in [-0.2, -0.15) is 0 Å². The Hall–Kier alpha value is -0.950. The van der Waals surface area contributed by atoms with Crippen molar-refractivity contribution in [3.63, 3.8) is 0 Å². The quantitative estimate of drug-likeness (QED) is 0.613. The summed E-state index contributed by atoms with van der Waals surface area (Å²) in [5, 5.41) is 1.21. The maximum atomic E-state index is 5.58. The average Bonchev–Trinajstić information content (AvgIpc) is 2.36. The van der Waals surface area contributed by atoms with Gasteiger partial charge in [0.1, 0.15) is 0 Å². The van der Waals surface area contributed by atoms with Gasteiger partial charge in [0, 0.05) is 5.54 Å². The first-order valence-electron chi connectivity index (χ1n) is 4.96.